The minimum absolute atomic E-state index is 0.128. The molecule has 2 N–H and O–H groups in total. The van der Waals surface area contributed by atoms with Gasteiger partial charge in [0.2, 0.25) is 0 Å². The number of aliphatic hydroxyl groups is 1. The second-order valence-electron chi connectivity index (χ2n) is 7.00. The quantitative estimate of drug-likeness (QED) is 0.333. The van der Waals surface area contributed by atoms with Gasteiger partial charge in [0.25, 0.3) is 0 Å². The number of esters is 1. The van der Waals surface area contributed by atoms with Gasteiger partial charge in [0.1, 0.15) is 12.0 Å². The van der Waals surface area contributed by atoms with E-state index in [2.05, 4.69) is 9.37 Å². The third kappa shape index (κ3) is 3.09. The highest BCUT2D eigenvalue weighted by molar-refractivity contribution is 7.96. The van der Waals surface area contributed by atoms with E-state index in [-0.39, 0.29) is 6.61 Å². The second kappa shape index (κ2) is 5.55. The van der Waals surface area contributed by atoms with Crippen LogP contribution >= 0.6 is 12.0 Å². The molecule has 4 fully saturated rings. The Kier molecular flexibility index (Phi) is 4.14. The van der Waals surface area contributed by atoms with Crippen LogP contribution in [0.4, 0.5) is 8.78 Å². The lowest BCUT2D eigenvalue weighted by molar-refractivity contribution is -0.433. The van der Waals surface area contributed by atoms with Gasteiger partial charge in [-0.15, -0.1) is 4.33 Å². The van der Waals surface area contributed by atoms with Gasteiger partial charge in [0, 0.05) is 5.41 Å². The van der Waals surface area contributed by atoms with Crippen LogP contribution in [0, 0.1) is 17.3 Å². The number of carbonyl (C=O) groups excluding carboxylic acids is 1. The molecule has 2 atom stereocenters. The molecular weight excluding hydrogens is 322 g/mol. The average Bonchev–Trinajstić information content (AvgIpc) is 2.40. The molecule has 4 bridgehead atoms. The lowest BCUT2D eigenvalue weighted by atomic mass is 9.48. The minimum atomic E-state index is -3.97. The molecule has 22 heavy (non-hydrogen) atoms. The van der Waals surface area contributed by atoms with Crippen LogP contribution in [0.2, 0.25) is 0 Å². The summed E-state index contributed by atoms with van der Waals surface area (Å²) in [4.78, 5) is 11.5. The van der Waals surface area contributed by atoms with Gasteiger partial charge in [-0.25, -0.2) is 10.1 Å². The molecule has 0 radical (unpaired) electrons. The van der Waals surface area contributed by atoms with E-state index >= 15 is 0 Å². The van der Waals surface area contributed by atoms with Gasteiger partial charge < -0.3 is 9.84 Å². The molecule has 9 heteroatoms. The molecule has 0 aromatic carbocycles. The van der Waals surface area contributed by atoms with Crippen molar-refractivity contribution in [2.45, 2.75) is 49.4 Å². The van der Waals surface area contributed by atoms with Crippen LogP contribution < -0.4 is 0 Å². The Morgan fingerprint density at radius 2 is 1.91 bits per heavy atom. The van der Waals surface area contributed by atoms with Crippen molar-refractivity contribution in [3.8, 4) is 0 Å². The fourth-order valence-corrected chi connectivity index (χ4v) is 5.21. The lowest BCUT2D eigenvalue weighted by Crippen LogP contribution is -2.57. The first kappa shape index (κ1) is 16.4. The molecule has 0 aliphatic heterocycles. The van der Waals surface area contributed by atoms with Gasteiger partial charge in [0.15, 0.2) is 0 Å². The van der Waals surface area contributed by atoms with E-state index < -0.39 is 34.3 Å². The molecule has 0 amide bonds. The maximum absolute atomic E-state index is 13.4. The van der Waals surface area contributed by atoms with Crippen molar-refractivity contribution >= 4 is 18.0 Å². The molecule has 4 aliphatic carbocycles. The number of carbonyl (C=O) groups is 1. The topological polar surface area (TPSA) is 85.2 Å². The number of ether oxygens (including phenoxy) is 1. The van der Waals surface area contributed by atoms with Crippen LogP contribution in [-0.2, 0) is 18.9 Å². The van der Waals surface area contributed by atoms with Crippen molar-refractivity contribution in [1.29, 1.82) is 0 Å². The van der Waals surface area contributed by atoms with Gasteiger partial charge in [-0.3, -0.25) is 0 Å². The number of hydrogen-bond acceptors (Lipinski definition) is 7. The van der Waals surface area contributed by atoms with E-state index in [0.717, 1.165) is 32.1 Å². The minimum Gasteiger partial charge on any atom is -0.460 e. The van der Waals surface area contributed by atoms with E-state index in [0.29, 0.717) is 18.3 Å². The van der Waals surface area contributed by atoms with Crippen molar-refractivity contribution in [2.75, 3.05) is 6.61 Å². The Labute approximate surface area is 130 Å². The molecule has 0 spiro atoms. The SMILES string of the molecule is O=C(OCC12CC3CC(CC(O)(C3)C1)C2)C(F)(F)SOOO. The molecule has 2 unspecified atom stereocenters. The highest BCUT2D eigenvalue weighted by Crippen LogP contribution is 2.61. The van der Waals surface area contributed by atoms with Gasteiger partial charge in [-0.2, -0.15) is 8.78 Å². The summed E-state index contributed by atoms with van der Waals surface area (Å²) in [5, 5.41) is 17.5. The number of hydrogen-bond donors (Lipinski definition) is 2. The van der Waals surface area contributed by atoms with Crippen molar-refractivity contribution in [1.82, 2.24) is 0 Å². The molecule has 4 saturated carbocycles. The van der Waals surface area contributed by atoms with Crippen molar-refractivity contribution in [3.05, 3.63) is 0 Å². The summed E-state index contributed by atoms with van der Waals surface area (Å²) in [5.41, 5.74) is -1.13. The largest absolute Gasteiger partial charge is 0.460 e. The molecular formula is C13H18F2O6S. The van der Waals surface area contributed by atoms with Crippen LogP contribution in [0.5, 0.6) is 0 Å². The predicted molar refractivity (Wildman–Crippen MR) is 70.4 cm³/mol. The summed E-state index contributed by atoms with van der Waals surface area (Å²) in [6.45, 7) is -0.128. The molecule has 126 valence electrons. The number of alkyl halides is 2. The van der Waals surface area contributed by atoms with Gasteiger partial charge in [-0.05, 0) is 50.4 Å². The first-order valence-electron chi connectivity index (χ1n) is 7.19. The maximum atomic E-state index is 13.4. The van der Waals surface area contributed by atoms with Crippen LogP contribution in [0.25, 0.3) is 0 Å². The zero-order chi connectivity index (χ0) is 16.0. The molecule has 0 aromatic heterocycles. The Balaban J connectivity index is 1.60. The molecule has 0 saturated heterocycles. The summed E-state index contributed by atoms with van der Waals surface area (Å²) >= 11 is -0.626. The lowest BCUT2D eigenvalue weighted by Gasteiger charge is -2.59. The first-order chi connectivity index (χ1) is 10.3. The maximum Gasteiger partial charge on any atom is 0.415 e. The van der Waals surface area contributed by atoms with E-state index in [9.17, 15) is 18.7 Å². The van der Waals surface area contributed by atoms with Gasteiger partial charge >= 0.3 is 11.2 Å². The smallest absolute Gasteiger partial charge is 0.415 e. The van der Waals surface area contributed by atoms with Crippen molar-refractivity contribution < 1.29 is 38.0 Å². The monoisotopic (exact) mass is 340 g/mol. The molecule has 4 aliphatic rings. The summed E-state index contributed by atoms with van der Waals surface area (Å²) in [6.07, 6.45) is 4.67. The Bertz CT molecular complexity index is 446. The van der Waals surface area contributed by atoms with Crippen LogP contribution in [0.1, 0.15) is 38.5 Å². The Morgan fingerprint density at radius 1 is 1.27 bits per heavy atom. The zero-order valence-electron chi connectivity index (χ0n) is 11.8. The van der Waals surface area contributed by atoms with Gasteiger partial charge in [-0.1, -0.05) is 5.04 Å². The Morgan fingerprint density at radius 3 is 2.45 bits per heavy atom. The molecule has 0 heterocycles. The summed E-state index contributed by atoms with van der Waals surface area (Å²) < 4.78 is 35.1. The Hall–Kier alpha value is -0.480. The third-order valence-corrected chi connectivity index (χ3v) is 5.57. The predicted octanol–water partition coefficient (Wildman–Crippen LogP) is 2.52. The highest BCUT2D eigenvalue weighted by atomic mass is 32.2. The zero-order valence-corrected chi connectivity index (χ0v) is 12.6. The third-order valence-electron chi connectivity index (χ3n) is 5.07. The highest BCUT2D eigenvalue weighted by Gasteiger charge is 2.58. The molecule has 6 nitrogen and oxygen atoms in total. The number of halogens is 2. The average molecular weight is 340 g/mol. The number of rotatable bonds is 6. The first-order valence-corrected chi connectivity index (χ1v) is 7.93. The van der Waals surface area contributed by atoms with Crippen molar-refractivity contribution in [3.63, 3.8) is 0 Å². The second-order valence-corrected chi connectivity index (χ2v) is 7.82. The van der Waals surface area contributed by atoms with E-state index in [4.69, 9.17) is 9.99 Å². The molecule has 4 rings (SSSR count). The van der Waals surface area contributed by atoms with Crippen LogP contribution in [0.15, 0.2) is 0 Å². The van der Waals surface area contributed by atoms with Crippen LogP contribution in [-0.4, -0.2) is 33.8 Å². The summed E-state index contributed by atoms with van der Waals surface area (Å²) in [7, 11) is 0. The van der Waals surface area contributed by atoms with E-state index in [1.807, 2.05) is 0 Å². The fourth-order valence-electron chi connectivity index (χ4n) is 4.97. The van der Waals surface area contributed by atoms with Crippen LogP contribution in [0.3, 0.4) is 0 Å². The fraction of sp³-hybridized carbons (Fsp3) is 0.923. The van der Waals surface area contributed by atoms with E-state index in [1.54, 1.807) is 0 Å². The summed E-state index contributed by atoms with van der Waals surface area (Å²) in [6, 6.07) is 0. The van der Waals surface area contributed by atoms with Crippen molar-refractivity contribution in [2.24, 2.45) is 17.3 Å². The summed E-state index contributed by atoms with van der Waals surface area (Å²) in [5.74, 6) is -0.978. The van der Waals surface area contributed by atoms with E-state index in [1.165, 1.54) is 0 Å². The standard InChI is InChI=1S/C13H18F2O6S/c14-13(15,22-21-20-18)10(16)19-7-11-2-8-1-9(3-11)5-12(17,4-8)6-11/h8-9,17-18H,1-7H2. The molecule has 0 aromatic rings. The normalized spacial score (nSPS) is 40.0. The van der Waals surface area contributed by atoms with Gasteiger partial charge in [0.05, 0.1) is 12.2 Å².